The number of rotatable bonds is 4. The molecule has 2 aliphatic heterocycles. The third kappa shape index (κ3) is 4.62. The van der Waals surface area contributed by atoms with E-state index in [0.29, 0.717) is 12.1 Å². The van der Waals surface area contributed by atoms with Crippen molar-refractivity contribution < 1.29 is 9.68 Å². The number of hydroxylamine groups is 4. The molecule has 4 unspecified atom stereocenters. The maximum absolute atomic E-state index is 6.43. The van der Waals surface area contributed by atoms with Gasteiger partial charge >= 0.3 is 0 Å². The smallest absolute Gasteiger partial charge is 0.106 e. The average molecular weight is 389 g/mol. The van der Waals surface area contributed by atoms with Crippen LogP contribution in [0.3, 0.4) is 0 Å². The van der Waals surface area contributed by atoms with Gasteiger partial charge < -0.3 is 0 Å². The van der Waals surface area contributed by atoms with Crippen molar-refractivity contribution in [3.63, 3.8) is 0 Å². The van der Waals surface area contributed by atoms with Crippen molar-refractivity contribution in [3.8, 4) is 0 Å². The van der Waals surface area contributed by atoms with E-state index >= 15 is 0 Å². The van der Waals surface area contributed by atoms with Crippen molar-refractivity contribution in [2.45, 2.75) is 92.5 Å². The summed E-state index contributed by atoms with van der Waals surface area (Å²) in [5, 5.41) is 4.37. The Hall–Kier alpha value is -0.940. The predicted octanol–water partition coefficient (Wildman–Crippen LogP) is 5.91. The highest BCUT2D eigenvalue weighted by molar-refractivity contribution is 5.32. The first-order valence-electron chi connectivity index (χ1n) is 10.9. The molecule has 2 heterocycles. The third-order valence-corrected chi connectivity index (χ3v) is 6.81. The summed E-state index contributed by atoms with van der Waals surface area (Å²) in [5.74, 6) is 0. The molecule has 4 atom stereocenters. The van der Waals surface area contributed by atoms with Crippen molar-refractivity contribution in [3.05, 3.63) is 35.4 Å². The Labute approximate surface area is 172 Å². The van der Waals surface area contributed by atoms with Crippen LogP contribution in [-0.2, 0) is 9.68 Å². The second kappa shape index (κ2) is 8.06. The van der Waals surface area contributed by atoms with Crippen molar-refractivity contribution in [2.75, 3.05) is 13.1 Å². The Balaban J connectivity index is 1.73. The normalized spacial score (nSPS) is 27.3. The molecule has 0 spiro atoms. The van der Waals surface area contributed by atoms with E-state index in [4.69, 9.17) is 9.68 Å². The van der Waals surface area contributed by atoms with E-state index in [1.807, 2.05) is 0 Å². The van der Waals surface area contributed by atoms with Gasteiger partial charge in [0.05, 0.1) is 0 Å². The lowest BCUT2D eigenvalue weighted by Gasteiger charge is -2.35. The summed E-state index contributed by atoms with van der Waals surface area (Å²) in [4.78, 5) is 12.9. The van der Waals surface area contributed by atoms with Gasteiger partial charge in [-0.1, -0.05) is 65.8 Å². The zero-order valence-corrected chi connectivity index (χ0v) is 19.2. The van der Waals surface area contributed by atoms with Gasteiger partial charge in [0, 0.05) is 25.2 Å². The number of hydrogen-bond acceptors (Lipinski definition) is 4. The van der Waals surface area contributed by atoms with Crippen LogP contribution in [0.4, 0.5) is 0 Å². The Morgan fingerprint density at radius 3 is 1.43 bits per heavy atom. The molecule has 0 N–H and O–H groups in total. The molecular formula is C24H40N2O2. The van der Waals surface area contributed by atoms with Gasteiger partial charge in [-0.05, 0) is 48.6 Å². The molecule has 2 fully saturated rings. The quantitative estimate of drug-likeness (QED) is 0.640. The summed E-state index contributed by atoms with van der Waals surface area (Å²) in [6, 6.07) is 9.48. The van der Waals surface area contributed by atoms with Crippen LogP contribution in [0.25, 0.3) is 0 Å². The zero-order chi connectivity index (χ0) is 20.7. The van der Waals surface area contributed by atoms with Crippen LogP contribution >= 0.6 is 0 Å². The number of benzene rings is 1. The molecule has 2 aliphatic rings. The lowest BCUT2D eigenvalue weighted by molar-refractivity contribution is -0.195. The minimum absolute atomic E-state index is 0.124. The lowest BCUT2D eigenvalue weighted by Crippen LogP contribution is -2.39. The standard InChI is InChI=1S/C24H40N2O2/c1-17(23(3,4)5)25-15-13-21(27-25)19-11-9-10-12-20(19)22-14-16-26(28-22)18(2)24(6,7)8/h9-12,17-18,21-22H,13-16H2,1-8H3. The maximum atomic E-state index is 6.43. The second-order valence-corrected chi connectivity index (χ2v) is 10.8. The van der Waals surface area contributed by atoms with Crippen LogP contribution < -0.4 is 0 Å². The number of hydrogen-bond donors (Lipinski definition) is 0. The van der Waals surface area contributed by atoms with Gasteiger partial charge in [0.15, 0.2) is 0 Å². The fourth-order valence-corrected chi connectivity index (χ4v) is 3.98. The second-order valence-electron chi connectivity index (χ2n) is 10.8. The minimum atomic E-state index is 0.124. The summed E-state index contributed by atoms with van der Waals surface area (Å²) in [6.45, 7) is 20.2. The van der Waals surface area contributed by atoms with Crippen LogP contribution in [0, 0.1) is 10.8 Å². The molecule has 158 valence electrons. The molecule has 4 heteroatoms. The van der Waals surface area contributed by atoms with Gasteiger partial charge in [-0.3, -0.25) is 9.68 Å². The van der Waals surface area contributed by atoms with Crippen LogP contribution in [-0.4, -0.2) is 35.3 Å². The van der Waals surface area contributed by atoms with E-state index in [1.54, 1.807) is 0 Å². The van der Waals surface area contributed by atoms with E-state index in [9.17, 15) is 0 Å². The minimum Gasteiger partial charge on any atom is -0.291 e. The monoisotopic (exact) mass is 388 g/mol. The van der Waals surface area contributed by atoms with Gasteiger partial charge in [-0.25, -0.2) is 0 Å². The summed E-state index contributed by atoms with van der Waals surface area (Å²) in [7, 11) is 0. The summed E-state index contributed by atoms with van der Waals surface area (Å²) < 4.78 is 0. The Bertz CT molecular complexity index is 604. The molecule has 0 saturated carbocycles. The highest BCUT2D eigenvalue weighted by Crippen LogP contribution is 2.41. The first-order chi connectivity index (χ1) is 13.0. The van der Waals surface area contributed by atoms with Gasteiger partial charge in [0.1, 0.15) is 12.2 Å². The van der Waals surface area contributed by atoms with E-state index in [0.717, 1.165) is 25.9 Å². The molecule has 28 heavy (non-hydrogen) atoms. The van der Waals surface area contributed by atoms with E-state index < -0.39 is 0 Å². The van der Waals surface area contributed by atoms with Gasteiger partial charge in [0.2, 0.25) is 0 Å². The molecule has 0 bridgehead atoms. The Morgan fingerprint density at radius 2 is 1.11 bits per heavy atom. The molecule has 0 radical (unpaired) electrons. The largest absolute Gasteiger partial charge is 0.291 e. The van der Waals surface area contributed by atoms with Crippen LogP contribution in [0.1, 0.15) is 91.6 Å². The Kier molecular flexibility index (Phi) is 6.26. The molecule has 0 aliphatic carbocycles. The summed E-state index contributed by atoms with van der Waals surface area (Å²) in [5.41, 5.74) is 2.99. The lowest BCUT2D eigenvalue weighted by atomic mass is 9.88. The summed E-state index contributed by atoms with van der Waals surface area (Å²) in [6.07, 6.45) is 2.32. The van der Waals surface area contributed by atoms with Crippen molar-refractivity contribution in [1.82, 2.24) is 10.1 Å². The average Bonchev–Trinajstić information content (AvgIpc) is 3.28. The van der Waals surface area contributed by atoms with Gasteiger partial charge in [-0.15, -0.1) is 0 Å². The fourth-order valence-electron chi connectivity index (χ4n) is 3.98. The maximum Gasteiger partial charge on any atom is 0.106 e. The molecule has 4 nitrogen and oxygen atoms in total. The predicted molar refractivity (Wildman–Crippen MR) is 115 cm³/mol. The van der Waals surface area contributed by atoms with Crippen molar-refractivity contribution in [1.29, 1.82) is 0 Å². The van der Waals surface area contributed by atoms with E-state index in [1.165, 1.54) is 11.1 Å². The summed E-state index contributed by atoms with van der Waals surface area (Å²) >= 11 is 0. The Morgan fingerprint density at radius 1 is 0.750 bits per heavy atom. The molecule has 1 aromatic rings. The SMILES string of the molecule is CC(N1CCC(c2ccccc2C2CCN(C(C)C(C)(C)C)O2)O1)C(C)(C)C. The first kappa shape index (κ1) is 21.8. The topological polar surface area (TPSA) is 24.9 Å². The highest BCUT2D eigenvalue weighted by atomic mass is 16.7. The highest BCUT2D eigenvalue weighted by Gasteiger charge is 2.38. The number of nitrogens with zero attached hydrogens (tertiary/aromatic N) is 2. The van der Waals surface area contributed by atoms with Gasteiger partial charge in [-0.2, -0.15) is 10.1 Å². The third-order valence-electron chi connectivity index (χ3n) is 6.81. The van der Waals surface area contributed by atoms with E-state index in [-0.39, 0.29) is 23.0 Å². The first-order valence-corrected chi connectivity index (χ1v) is 10.9. The molecule has 3 rings (SSSR count). The van der Waals surface area contributed by atoms with Crippen molar-refractivity contribution >= 4 is 0 Å². The van der Waals surface area contributed by atoms with Crippen LogP contribution in [0.15, 0.2) is 24.3 Å². The zero-order valence-electron chi connectivity index (χ0n) is 19.2. The van der Waals surface area contributed by atoms with Crippen LogP contribution in [0.5, 0.6) is 0 Å². The van der Waals surface area contributed by atoms with Crippen molar-refractivity contribution in [2.24, 2.45) is 10.8 Å². The molecule has 1 aromatic carbocycles. The van der Waals surface area contributed by atoms with Crippen LogP contribution in [0.2, 0.25) is 0 Å². The fraction of sp³-hybridized carbons (Fsp3) is 0.750. The molecular weight excluding hydrogens is 348 g/mol. The molecule has 0 amide bonds. The van der Waals surface area contributed by atoms with E-state index in [2.05, 4.69) is 89.8 Å². The molecule has 0 aromatic heterocycles. The molecule has 2 saturated heterocycles. The van der Waals surface area contributed by atoms with Gasteiger partial charge in [0.25, 0.3) is 0 Å².